The molecule has 6 aromatic rings. The zero-order chi connectivity index (χ0) is 17.7. The van der Waals surface area contributed by atoms with Gasteiger partial charge in [0, 0.05) is 32.5 Å². The van der Waals surface area contributed by atoms with Crippen molar-refractivity contribution in [3.05, 3.63) is 71.5 Å². The zero-order valence-corrected chi connectivity index (χ0v) is 15.0. The molecule has 0 atom stereocenters. The first kappa shape index (κ1) is 13.9. The molecule has 0 saturated heterocycles. The van der Waals surface area contributed by atoms with E-state index in [2.05, 4.69) is 72.0 Å². The van der Waals surface area contributed by atoms with E-state index in [4.69, 9.17) is 4.42 Å². The van der Waals surface area contributed by atoms with Crippen LogP contribution in [0.15, 0.2) is 59.0 Å². The van der Waals surface area contributed by atoms with Gasteiger partial charge >= 0.3 is 0 Å². The second-order valence-electron chi connectivity index (χ2n) is 7.78. The van der Waals surface area contributed by atoms with Crippen LogP contribution in [0.25, 0.3) is 55.1 Å². The van der Waals surface area contributed by atoms with E-state index in [1.165, 1.54) is 54.6 Å². The number of benzene rings is 3. The summed E-state index contributed by atoms with van der Waals surface area (Å²) in [5, 5.41) is 6.67. The molecule has 0 fully saturated rings. The van der Waals surface area contributed by atoms with Crippen molar-refractivity contribution >= 4 is 55.1 Å². The van der Waals surface area contributed by atoms with E-state index in [1.807, 2.05) is 0 Å². The molecule has 3 aromatic heterocycles. The van der Waals surface area contributed by atoms with Crippen LogP contribution in [0.5, 0.6) is 0 Å². The van der Waals surface area contributed by atoms with Crippen molar-refractivity contribution in [1.29, 1.82) is 0 Å². The van der Waals surface area contributed by atoms with Crippen LogP contribution in [0.3, 0.4) is 0 Å². The molecular weight excluding hydrogens is 330 g/mol. The Kier molecular flexibility index (Phi) is 2.33. The predicted molar refractivity (Wildman–Crippen MR) is 113 cm³/mol. The highest BCUT2D eigenvalue weighted by Crippen LogP contribution is 2.44. The van der Waals surface area contributed by atoms with Gasteiger partial charge in [0.25, 0.3) is 0 Å². The normalized spacial score (nSPS) is 14.4. The van der Waals surface area contributed by atoms with E-state index in [9.17, 15) is 0 Å². The average Bonchev–Trinajstić information content (AvgIpc) is 3.33. The molecule has 0 bridgehead atoms. The first-order valence-electron chi connectivity index (χ1n) is 9.61. The first-order valence-corrected chi connectivity index (χ1v) is 9.61. The topological polar surface area (TPSA) is 17.6 Å². The van der Waals surface area contributed by atoms with Crippen LogP contribution in [0.2, 0.25) is 0 Å². The highest BCUT2D eigenvalue weighted by atomic mass is 16.3. The van der Waals surface area contributed by atoms with Crippen LogP contribution < -0.4 is 0 Å². The maximum absolute atomic E-state index is 6.19. The molecular formula is C25H17NO. The average molecular weight is 347 g/mol. The number of allylic oxidation sites excluding steroid dienone is 1. The Labute approximate surface area is 155 Å². The number of nitrogens with zero attached hydrogens (tertiary/aromatic N) is 1. The second-order valence-corrected chi connectivity index (χ2v) is 7.78. The van der Waals surface area contributed by atoms with Gasteiger partial charge in [-0.15, -0.1) is 0 Å². The third-order valence-corrected chi connectivity index (χ3v) is 6.25. The molecule has 7 rings (SSSR count). The molecule has 2 nitrogen and oxygen atoms in total. The molecule has 0 unspecified atom stereocenters. The second kappa shape index (κ2) is 4.52. The Morgan fingerprint density at radius 3 is 2.74 bits per heavy atom. The number of hydrogen-bond acceptors (Lipinski definition) is 1. The van der Waals surface area contributed by atoms with Gasteiger partial charge in [0.2, 0.25) is 0 Å². The summed E-state index contributed by atoms with van der Waals surface area (Å²) in [5.74, 6) is 1.04. The van der Waals surface area contributed by atoms with Gasteiger partial charge in [-0.2, -0.15) is 0 Å². The molecule has 2 heteroatoms. The van der Waals surface area contributed by atoms with Crippen LogP contribution >= 0.6 is 0 Å². The lowest BCUT2D eigenvalue weighted by atomic mass is 9.97. The molecule has 0 saturated carbocycles. The number of aryl methyl sites for hydroxylation is 2. The SMILES string of the molecule is Cc1ccc2c(c1)c1cccc3c4c5c6c(oc5ccc4n2c13)C=CCC6. The summed E-state index contributed by atoms with van der Waals surface area (Å²) < 4.78 is 8.64. The van der Waals surface area contributed by atoms with Crippen LogP contribution in [0.4, 0.5) is 0 Å². The number of aromatic nitrogens is 1. The number of fused-ring (bicyclic) bond motifs is 10. The lowest BCUT2D eigenvalue weighted by Gasteiger charge is -2.04. The van der Waals surface area contributed by atoms with E-state index in [0.29, 0.717) is 0 Å². The monoisotopic (exact) mass is 347 g/mol. The lowest BCUT2D eigenvalue weighted by molar-refractivity contribution is 0.595. The van der Waals surface area contributed by atoms with E-state index in [0.717, 1.165) is 24.2 Å². The largest absolute Gasteiger partial charge is 0.456 e. The van der Waals surface area contributed by atoms with Gasteiger partial charge in [-0.3, -0.25) is 0 Å². The Balaban J connectivity index is 1.83. The number of hydrogen-bond donors (Lipinski definition) is 0. The summed E-state index contributed by atoms with van der Waals surface area (Å²) in [7, 11) is 0. The minimum atomic E-state index is 1.01. The third kappa shape index (κ3) is 1.54. The van der Waals surface area contributed by atoms with Crippen LogP contribution in [-0.2, 0) is 6.42 Å². The van der Waals surface area contributed by atoms with Gasteiger partial charge in [-0.05, 0) is 50.1 Å². The molecule has 1 aliphatic rings. The fourth-order valence-corrected chi connectivity index (χ4v) is 5.16. The van der Waals surface area contributed by atoms with Gasteiger partial charge in [-0.25, -0.2) is 0 Å². The van der Waals surface area contributed by atoms with Crippen molar-refractivity contribution in [2.45, 2.75) is 19.8 Å². The van der Waals surface area contributed by atoms with Gasteiger partial charge in [0.05, 0.1) is 16.6 Å². The maximum Gasteiger partial charge on any atom is 0.135 e. The molecule has 0 amide bonds. The summed E-state index contributed by atoms with van der Waals surface area (Å²) >= 11 is 0. The lowest BCUT2D eigenvalue weighted by Crippen LogP contribution is -1.89. The predicted octanol–water partition coefficient (Wildman–Crippen LogP) is 6.85. The van der Waals surface area contributed by atoms with Crippen molar-refractivity contribution in [2.75, 3.05) is 0 Å². The van der Waals surface area contributed by atoms with E-state index >= 15 is 0 Å². The molecule has 3 heterocycles. The Morgan fingerprint density at radius 2 is 1.78 bits per heavy atom. The summed E-state index contributed by atoms with van der Waals surface area (Å²) in [4.78, 5) is 0. The molecule has 27 heavy (non-hydrogen) atoms. The maximum atomic E-state index is 6.19. The zero-order valence-electron chi connectivity index (χ0n) is 15.0. The van der Waals surface area contributed by atoms with Crippen molar-refractivity contribution in [2.24, 2.45) is 0 Å². The summed E-state index contributed by atoms with van der Waals surface area (Å²) in [5.41, 5.74) is 7.59. The van der Waals surface area contributed by atoms with Crippen molar-refractivity contribution in [3.63, 3.8) is 0 Å². The van der Waals surface area contributed by atoms with Crippen LogP contribution in [-0.4, -0.2) is 4.40 Å². The van der Waals surface area contributed by atoms with Gasteiger partial charge in [0.1, 0.15) is 11.3 Å². The van der Waals surface area contributed by atoms with E-state index in [-0.39, 0.29) is 0 Å². The first-order chi connectivity index (χ1) is 13.3. The molecule has 128 valence electrons. The van der Waals surface area contributed by atoms with Crippen molar-refractivity contribution < 1.29 is 4.42 Å². The van der Waals surface area contributed by atoms with Crippen molar-refractivity contribution in [3.8, 4) is 0 Å². The third-order valence-electron chi connectivity index (χ3n) is 6.25. The van der Waals surface area contributed by atoms with Gasteiger partial charge in [0.15, 0.2) is 0 Å². The quantitative estimate of drug-likeness (QED) is 0.294. The van der Waals surface area contributed by atoms with E-state index < -0.39 is 0 Å². The number of furan rings is 1. The summed E-state index contributed by atoms with van der Waals surface area (Å²) in [6.07, 6.45) is 6.49. The molecule has 0 N–H and O–H groups in total. The Bertz CT molecular complexity index is 1570. The Morgan fingerprint density at radius 1 is 0.889 bits per heavy atom. The summed E-state index contributed by atoms with van der Waals surface area (Å²) in [6.45, 7) is 2.17. The van der Waals surface area contributed by atoms with Gasteiger partial charge < -0.3 is 8.82 Å². The van der Waals surface area contributed by atoms with Crippen LogP contribution in [0.1, 0.15) is 23.3 Å². The van der Waals surface area contributed by atoms with Crippen molar-refractivity contribution in [1.82, 2.24) is 4.40 Å². The molecule has 0 radical (unpaired) electrons. The number of para-hydroxylation sites is 1. The fraction of sp³-hybridized carbons (Fsp3) is 0.120. The minimum Gasteiger partial charge on any atom is -0.456 e. The number of rotatable bonds is 0. The highest BCUT2D eigenvalue weighted by Gasteiger charge is 2.23. The standard InChI is InChI=1S/C25H17NO/c1-14-9-10-19-18(13-14)15-6-4-7-17-23-20(26(19)25(15)17)11-12-22-24(23)16-5-2-3-8-21(16)27-22/h3-4,6-13H,2,5H2,1H3. The van der Waals surface area contributed by atoms with Crippen LogP contribution in [0, 0.1) is 6.92 Å². The van der Waals surface area contributed by atoms with Gasteiger partial charge in [-0.1, -0.05) is 35.9 Å². The fourth-order valence-electron chi connectivity index (χ4n) is 5.16. The molecule has 0 aliphatic heterocycles. The van der Waals surface area contributed by atoms with E-state index in [1.54, 1.807) is 0 Å². The molecule has 0 spiro atoms. The highest BCUT2D eigenvalue weighted by molar-refractivity contribution is 6.28. The molecule has 1 aliphatic carbocycles. The smallest absolute Gasteiger partial charge is 0.135 e. The summed E-state index contributed by atoms with van der Waals surface area (Å²) in [6, 6.07) is 17.9. The Hall–Kier alpha value is -3.26. The minimum absolute atomic E-state index is 1.01. The molecule has 3 aromatic carbocycles.